The van der Waals surface area contributed by atoms with Gasteiger partial charge < -0.3 is 10.2 Å². The highest BCUT2D eigenvalue weighted by atomic mass is 16.5. The highest BCUT2D eigenvalue weighted by Crippen LogP contribution is 2.42. The molecule has 3 nitrogen and oxygen atoms in total. The lowest BCUT2D eigenvalue weighted by atomic mass is 9.86. The van der Waals surface area contributed by atoms with Gasteiger partial charge in [0.1, 0.15) is 6.29 Å². The molecule has 0 aromatic carbocycles. The topological polar surface area (TPSA) is 57.8 Å². The Hall–Kier alpha value is -1.19. The molecular weight excluding hydrogens is 252 g/mol. The van der Waals surface area contributed by atoms with E-state index in [0.717, 1.165) is 37.9 Å². The van der Waals surface area contributed by atoms with Crippen LogP contribution in [-0.2, 0) is 9.53 Å². The van der Waals surface area contributed by atoms with E-state index in [9.17, 15) is 4.79 Å². The maximum atomic E-state index is 10.6. The minimum absolute atomic E-state index is 0. The van der Waals surface area contributed by atoms with Crippen molar-refractivity contribution in [3.63, 3.8) is 0 Å². The maximum Gasteiger partial charge on any atom is 0.145 e. The highest BCUT2D eigenvalue weighted by Gasteiger charge is 2.26. The minimum Gasteiger partial charge on any atom is -0.412 e. The summed E-state index contributed by atoms with van der Waals surface area (Å²) in [6.45, 7) is 5.65. The Kier molecular flexibility index (Phi) is 6.89. The molecule has 0 heterocycles. The van der Waals surface area contributed by atoms with Crippen LogP contribution in [0, 0.1) is 5.92 Å². The molecule has 2 rings (SSSR count). The van der Waals surface area contributed by atoms with E-state index in [4.69, 9.17) is 4.74 Å². The Morgan fingerprint density at radius 2 is 2.10 bits per heavy atom. The fraction of sp³-hybridized carbons (Fsp3) is 0.588. The number of hydrogen-bond donors (Lipinski definition) is 0. The highest BCUT2D eigenvalue weighted by molar-refractivity contribution is 5.72. The second-order valence-corrected chi connectivity index (χ2v) is 5.68. The minimum atomic E-state index is 0. The fourth-order valence-electron chi connectivity index (χ4n) is 3.00. The quantitative estimate of drug-likeness (QED) is 0.440. The average Bonchev–Trinajstić information content (AvgIpc) is 2.84. The lowest BCUT2D eigenvalue weighted by molar-refractivity contribution is -0.104. The molecule has 112 valence electrons. The van der Waals surface area contributed by atoms with Crippen LogP contribution in [-0.4, -0.2) is 25.0 Å². The monoisotopic (exact) mass is 278 g/mol. The predicted octanol–water partition coefficient (Wildman–Crippen LogP) is 3.16. The molecule has 2 aliphatic carbocycles. The van der Waals surface area contributed by atoms with Crippen molar-refractivity contribution in [1.82, 2.24) is 0 Å². The summed E-state index contributed by atoms with van der Waals surface area (Å²) in [6.07, 6.45) is 11.0. The van der Waals surface area contributed by atoms with Gasteiger partial charge in [0.05, 0.1) is 0 Å². The van der Waals surface area contributed by atoms with Gasteiger partial charge in [-0.25, -0.2) is 0 Å². The first-order chi connectivity index (χ1) is 9.22. The molecule has 20 heavy (non-hydrogen) atoms. The van der Waals surface area contributed by atoms with Gasteiger partial charge in [-0.3, -0.25) is 4.79 Å². The van der Waals surface area contributed by atoms with Crippen molar-refractivity contribution in [3.05, 3.63) is 34.4 Å². The summed E-state index contributed by atoms with van der Waals surface area (Å²) in [5.74, 6) is 0.713. The average molecular weight is 278 g/mol. The second kappa shape index (κ2) is 8.18. The molecule has 0 spiro atoms. The Labute approximate surface area is 121 Å². The normalized spacial score (nSPS) is 24.6. The lowest BCUT2D eigenvalue weighted by Gasteiger charge is -2.23. The van der Waals surface area contributed by atoms with Crippen molar-refractivity contribution in [2.24, 2.45) is 5.92 Å². The van der Waals surface area contributed by atoms with Crippen LogP contribution in [0.3, 0.4) is 0 Å². The summed E-state index contributed by atoms with van der Waals surface area (Å²) in [6, 6.07) is 0. The number of aldehydes is 1. The third-order valence-corrected chi connectivity index (χ3v) is 4.10. The van der Waals surface area contributed by atoms with Crippen molar-refractivity contribution in [2.45, 2.75) is 46.0 Å². The Morgan fingerprint density at radius 3 is 2.80 bits per heavy atom. The summed E-state index contributed by atoms with van der Waals surface area (Å²) < 4.78 is 5.56. The summed E-state index contributed by atoms with van der Waals surface area (Å²) in [7, 11) is 0. The first-order valence-electron chi connectivity index (χ1n) is 7.32. The van der Waals surface area contributed by atoms with Crippen molar-refractivity contribution in [2.75, 3.05) is 13.2 Å². The summed E-state index contributed by atoms with van der Waals surface area (Å²) in [4.78, 5) is 10.6. The summed E-state index contributed by atoms with van der Waals surface area (Å²) in [5, 5.41) is 0. The van der Waals surface area contributed by atoms with Crippen LogP contribution in [0.2, 0.25) is 0 Å². The zero-order valence-corrected chi connectivity index (χ0v) is 12.6. The number of carbonyl (C=O) groups excluding carboxylic acids is 1. The molecule has 0 saturated heterocycles. The number of hydrogen-bond acceptors (Lipinski definition) is 2. The van der Waals surface area contributed by atoms with E-state index in [0.29, 0.717) is 5.92 Å². The number of carbonyl (C=O) groups is 1. The lowest BCUT2D eigenvalue weighted by Crippen LogP contribution is -2.14. The van der Waals surface area contributed by atoms with E-state index in [2.05, 4.69) is 13.0 Å². The van der Waals surface area contributed by atoms with Gasteiger partial charge in [0.2, 0.25) is 0 Å². The van der Waals surface area contributed by atoms with Gasteiger partial charge in [-0.1, -0.05) is 28.9 Å². The van der Waals surface area contributed by atoms with Crippen molar-refractivity contribution in [1.29, 1.82) is 0 Å². The molecule has 2 aliphatic rings. The molecule has 0 bridgehead atoms. The van der Waals surface area contributed by atoms with Crippen LogP contribution in [0.25, 0.3) is 0 Å². The van der Waals surface area contributed by atoms with Crippen molar-refractivity contribution < 1.29 is 15.0 Å². The van der Waals surface area contributed by atoms with Crippen molar-refractivity contribution >= 4 is 6.29 Å². The molecule has 0 aromatic rings. The first kappa shape index (κ1) is 16.9. The van der Waals surface area contributed by atoms with Crippen LogP contribution in [0.1, 0.15) is 46.0 Å². The Balaban J connectivity index is 0.00000200. The van der Waals surface area contributed by atoms with E-state index in [1.807, 2.05) is 13.0 Å². The molecule has 1 atom stereocenters. The standard InChI is InChI=1S/C17H24O2.H2O/c1-3-19-12-15-6-7-16-8-14(9-17(16)10-15)5-4-13(2)11-18;/h4-5,11,15H,3,6-10,12H2,1-2H3;1H2/b13-4+,14-5-;. The van der Waals surface area contributed by atoms with E-state index >= 15 is 0 Å². The molecule has 1 unspecified atom stereocenters. The smallest absolute Gasteiger partial charge is 0.145 e. The zero-order chi connectivity index (χ0) is 13.7. The largest absolute Gasteiger partial charge is 0.412 e. The third kappa shape index (κ3) is 4.43. The van der Waals surface area contributed by atoms with Gasteiger partial charge in [-0.05, 0) is 57.4 Å². The second-order valence-electron chi connectivity index (χ2n) is 5.68. The van der Waals surface area contributed by atoms with E-state index in [-0.39, 0.29) is 5.48 Å². The molecule has 3 heteroatoms. The predicted molar refractivity (Wildman–Crippen MR) is 81.6 cm³/mol. The molecule has 0 fully saturated rings. The molecule has 0 aliphatic heterocycles. The molecule has 0 saturated carbocycles. The summed E-state index contributed by atoms with van der Waals surface area (Å²) in [5.41, 5.74) is 5.55. The van der Waals surface area contributed by atoms with Gasteiger partial charge in [-0.2, -0.15) is 0 Å². The third-order valence-electron chi connectivity index (χ3n) is 4.10. The zero-order valence-electron chi connectivity index (χ0n) is 12.6. The van der Waals surface area contributed by atoms with Gasteiger partial charge in [0.25, 0.3) is 0 Å². The molecular formula is C17H26O3. The van der Waals surface area contributed by atoms with Gasteiger partial charge in [-0.15, -0.1) is 0 Å². The first-order valence-corrected chi connectivity index (χ1v) is 7.32. The van der Waals surface area contributed by atoms with Crippen LogP contribution in [0.5, 0.6) is 0 Å². The number of rotatable bonds is 5. The molecule has 2 N–H and O–H groups in total. The van der Waals surface area contributed by atoms with Gasteiger partial charge >= 0.3 is 0 Å². The SMILES string of the molecule is CCOCC1CCC2=C(C/C(=C\C=C(/C)C=O)C2)C1.O. The van der Waals surface area contributed by atoms with E-state index in [1.54, 1.807) is 11.1 Å². The molecule has 0 amide bonds. The van der Waals surface area contributed by atoms with Crippen LogP contribution in [0.4, 0.5) is 0 Å². The van der Waals surface area contributed by atoms with Crippen LogP contribution >= 0.6 is 0 Å². The Morgan fingerprint density at radius 1 is 1.35 bits per heavy atom. The summed E-state index contributed by atoms with van der Waals surface area (Å²) >= 11 is 0. The molecule has 0 aromatic heterocycles. The van der Waals surface area contributed by atoms with Gasteiger partial charge in [0, 0.05) is 13.2 Å². The van der Waals surface area contributed by atoms with Crippen LogP contribution < -0.4 is 0 Å². The number of allylic oxidation sites excluding steroid dienone is 6. The maximum absolute atomic E-state index is 10.6. The van der Waals surface area contributed by atoms with E-state index in [1.165, 1.54) is 24.8 Å². The van der Waals surface area contributed by atoms with E-state index < -0.39 is 0 Å². The fourth-order valence-corrected chi connectivity index (χ4v) is 3.00. The van der Waals surface area contributed by atoms with Crippen LogP contribution in [0.15, 0.2) is 34.4 Å². The Bertz CT molecular complexity index is 430. The molecule has 0 radical (unpaired) electrons. The van der Waals surface area contributed by atoms with Crippen molar-refractivity contribution in [3.8, 4) is 0 Å². The van der Waals surface area contributed by atoms with Gasteiger partial charge in [0.15, 0.2) is 0 Å². The number of ether oxygens (including phenoxy) is 1.